The van der Waals surface area contributed by atoms with Gasteiger partial charge in [0.05, 0.1) is 0 Å². The van der Waals surface area contributed by atoms with Gasteiger partial charge < -0.3 is 5.73 Å². The lowest BCUT2D eigenvalue weighted by molar-refractivity contribution is 0.517. The van der Waals surface area contributed by atoms with Gasteiger partial charge in [-0.2, -0.15) is 0 Å². The fourth-order valence-corrected chi connectivity index (χ4v) is 1.71. The van der Waals surface area contributed by atoms with Gasteiger partial charge >= 0.3 is 0 Å². The lowest BCUT2D eigenvalue weighted by Crippen LogP contribution is -2.22. The molecule has 0 radical (unpaired) electrons. The van der Waals surface area contributed by atoms with Crippen molar-refractivity contribution < 1.29 is 8.78 Å². The summed E-state index contributed by atoms with van der Waals surface area (Å²) in [7, 11) is 0. The van der Waals surface area contributed by atoms with Crippen LogP contribution in [0.5, 0.6) is 0 Å². The van der Waals surface area contributed by atoms with Crippen molar-refractivity contribution in [2.75, 3.05) is 6.54 Å². The van der Waals surface area contributed by atoms with Crippen molar-refractivity contribution in [1.29, 1.82) is 0 Å². The smallest absolute Gasteiger partial charge is 0.129 e. The average Bonchev–Trinajstić information content (AvgIpc) is 2.85. The summed E-state index contributed by atoms with van der Waals surface area (Å²) in [4.78, 5) is 0. The Morgan fingerprint density at radius 1 is 1.23 bits per heavy atom. The molecule has 0 atom stereocenters. The van der Waals surface area contributed by atoms with Crippen molar-refractivity contribution in [3.8, 4) is 0 Å². The van der Waals surface area contributed by atoms with Gasteiger partial charge in [-0.25, -0.2) is 8.78 Å². The van der Waals surface area contributed by atoms with Crippen LogP contribution in [0.1, 0.15) is 18.4 Å². The summed E-state index contributed by atoms with van der Waals surface area (Å²) in [5, 5.41) is 0. The van der Waals surface area contributed by atoms with Gasteiger partial charge in [0.15, 0.2) is 0 Å². The summed E-state index contributed by atoms with van der Waals surface area (Å²) in [5.41, 5.74) is 5.28. The molecule has 1 aromatic rings. The van der Waals surface area contributed by atoms with Crippen LogP contribution in [0.3, 0.4) is 0 Å². The summed E-state index contributed by atoms with van der Waals surface area (Å²) in [5.74, 6) is -0.939. The van der Waals surface area contributed by atoms with Crippen molar-refractivity contribution in [2.45, 2.75) is 18.3 Å². The zero-order chi connectivity index (χ0) is 9.47. The van der Waals surface area contributed by atoms with Crippen molar-refractivity contribution in [1.82, 2.24) is 0 Å². The lowest BCUT2D eigenvalue weighted by atomic mass is 9.95. The summed E-state index contributed by atoms with van der Waals surface area (Å²) in [6, 6.07) is 3.95. The van der Waals surface area contributed by atoms with E-state index < -0.39 is 17.0 Å². The quantitative estimate of drug-likeness (QED) is 0.745. The number of hydrogen-bond donors (Lipinski definition) is 1. The molecule has 1 aliphatic carbocycles. The molecule has 1 aliphatic rings. The molecule has 0 bridgehead atoms. The van der Waals surface area contributed by atoms with Crippen LogP contribution in [-0.4, -0.2) is 6.54 Å². The molecule has 3 heteroatoms. The van der Waals surface area contributed by atoms with Crippen molar-refractivity contribution in [3.05, 3.63) is 35.4 Å². The summed E-state index contributed by atoms with van der Waals surface area (Å²) >= 11 is 0. The van der Waals surface area contributed by atoms with Gasteiger partial charge in [0.25, 0.3) is 0 Å². The van der Waals surface area contributed by atoms with Crippen LogP contribution in [0.4, 0.5) is 8.78 Å². The van der Waals surface area contributed by atoms with Crippen LogP contribution in [0.15, 0.2) is 18.2 Å². The second-order valence-electron chi connectivity index (χ2n) is 3.58. The maximum atomic E-state index is 13.3. The van der Waals surface area contributed by atoms with E-state index >= 15 is 0 Å². The number of rotatable bonds is 2. The predicted molar refractivity (Wildman–Crippen MR) is 46.3 cm³/mol. The first-order valence-corrected chi connectivity index (χ1v) is 4.34. The highest BCUT2D eigenvalue weighted by Crippen LogP contribution is 2.48. The standard InChI is InChI=1S/C10H11F2N/c11-7-2-1-3-8(12)9(7)10(6-13)4-5-10/h1-3H,4-6,13H2. The fraction of sp³-hybridized carbons (Fsp3) is 0.400. The number of halogens is 2. The maximum Gasteiger partial charge on any atom is 0.129 e. The Bertz CT molecular complexity index is 311. The molecule has 2 rings (SSSR count). The second-order valence-corrected chi connectivity index (χ2v) is 3.58. The average molecular weight is 183 g/mol. The van der Waals surface area contributed by atoms with Crippen LogP contribution in [0, 0.1) is 11.6 Å². The molecular weight excluding hydrogens is 172 g/mol. The molecule has 13 heavy (non-hydrogen) atoms. The van der Waals surface area contributed by atoms with E-state index in [1.54, 1.807) is 0 Å². The molecule has 0 spiro atoms. The fourth-order valence-electron chi connectivity index (χ4n) is 1.71. The number of benzene rings is 1. The van der Waals surface area contributed by atoms with Crippen molar-refractivity contribution in [3.63, 3.8) is 0 Å². The molecule has 1 saturated carbocycles. The zero-order valence-electron chi connectivity index (χ0n) is 7.19. The van der Waals surface area contributed by atoms with E-state index in [1.165, 1.54) is 18.2 Å². The maximum absolute atomic E-state index is 13.3. The zero-order valence-corrected chi connectivity index (χ0v) is 7.19. The Hall–Kier alpha value is -0.960. The molecule has 70 valence electrons. The van der Waals surface area contributed by atoms with Gasteiger partial charge in [-0.3, -0.25) is 0 Å². The molecule has 2 N–H and O–H groups in total. The van der Waals surface area contributed by atoms with Gasteiger partial charge in [-0.05, 0) is 25.0 Å². The molecular formula is C10H11F2N. The Balaban J connectivity index is 2.50. The van der Waals surface area contributed by atoms with E-state index in [0.717, 1.165) is 12.8 Å². The van der Waals surface area contributed by atoms with E-state index in [1.807, 2.05) is 0 Å². The van der Waals surface area contributed by atoms with Crippen LogP contribution in [0.2, 0.25) is 0 Å². The Morgan fingerprint density at radius 3 is 2.15 bits per heavy atom. The highest BCUT2D eigenvalue weighted by Gasteiger charge is 2.46. The van der Waals surface area contributed by atoms with Gasteiger partial charge in [0.1, 0.15) is 11.6 Å². The summed E-state index contributed by atoms with van der Waals surface area (Å²) < 4.78 is 26.6. The van der Waals surface area contributed by atoms with Crippen LogP contribution in [-0.2, 0) is 5.41 Å². The largest absolute Gasteiger partial charge is 0.330 e. The molecule has 0 unspecified atom stereocenters. The molecule has 1 aromatic carbocycles. The van der Waals surface area contributed by atoms with Crippen LogP contribution >= 0.6 is 0 Å². The minimum absolute atomic E-state index is 0.178. The molecule has 1 nitrogen and oxygen atoms in total. The predicted octanol–water partition coefficient (Wildman–Crippen LogP) is 1.96. The highest BCUT2D eigenvalue weighted by molar-refractivity contribution is 5.34. The van der Waals surface area contributed by atoms with Gasteiger partial charge in [0.2, 0.25) is 0 Å². The summed E-state index contributed by atoms with van der Waals surface area (Å²) in [6.07, 6.45) is 1.59. The van der Waals surface area contributed by atoms with Gasteiger partial charge in [0, 0.05) is 17.5 Å². The van der Waals surface area contributed by atoms with E-state index in [-0.39, 0.29) is 5.56 Å². The van der Waals surface area contributed by atoms with Gasteiger partial charge in [-0.15, -0.1) is 0 Å². The Morgan fingerprint density at radius 2 is 1.77 bits per heavy atom. The molecule has 0 aromatic heterocycles. The highest BCUT2D eigenvalue weighted by atomic mass is 19.1. The monoisotopic (exact) mass is 183 g/mol. The molecule has 0 saturated heterocycles. The van der Waals surface area contributed by atoms with E-state index in [9.17, 15) is 8.78 Å². The van der Waals surface area contributed by atoms with Gasteiger partial charge in [-0.1, -0.05) is 6.07 Å². The topological polar surface area (TPSA) is 26.0 Å². The van der Waals surface area contributed by atoms with Crippen molar-refractivity contribution >= 4 is 0 Å². The van der Waals surface area contributed by atoms with E-state index in [0.29, 0.717) is 6.54 Å². The Kier molecular flexibility index (Phi) is 1.84. The first-order valence-electron chi connectivity index (χ1n) is 4.34. The molecule has 0 aliphatic heterocycles. The number of hydrogen-bond acceptors (Lipinski definition) is 1. The Labute approximate surface area is 75.6 Å². The number of nitrogens with two attached hydrogens (primary N) is 1. The molecule has 0 heterocycles. The minimum Gasteiger partial charge on any atom is -0.330 e. The third kappa shape index (κ3) is 1.23. The summed E-state index contributed by atoms with van der Waals surface area (Å²) in [6.45, 7) is 0.324. The first kappa shape index (κ1) is 8.63. The minimum atomic E-state index is -0.469. The molecule has 0 amide bonds. The third-order valence-electron chi connectivity index (χ3n) is 2.74. The lowest BCUT2D eigenvalue weighted by Gasteiger charge is -2.14. The van der Waals surface area contributed by atoms with E-state index in [4.69, 9.17) is 5.73 Å². The van der Waals surface area contributed by atoms with Crippen molar-refractivity contribution in [2.24, 2.45) is 5.73 Å². The second kappa shape index (κ2) is 2.77. The first-order chi connectivity index (χ1) is 6.19. The SMILES string of the molecule is NCC1(c2c(F)cccc2F)CC1. The normalized spacial score (nSPS) is 18.7. The van der Waals surface area contributed by atoms with E-state index in [2.05, 4.69) is 0 Å². The molecule has 1 fully saturated rings. The van der Waals surface area contributed by atoms with Crippen LogP contribution < -0.4 is 5.73 Å². The third-order valence-corrected chi connectivity index (χ3v) is 2.74. The van der Waals surface area contributed by atoms with Crippen LogP contribution in [0.25, 0.3) is 0 Å².